The fourth-order valence-electron chi connectivity index (χ4n) is 5.89. The Morgan fingerprint density at radius 3 is 2.26 bits per heavy atom. The summed E-state index contributed by atoms with van der Waals surface area (Å²) in [5.74, 6) is 0.664. The zero-order chi connectivity index (χ0) is 32.5. The highest BCUT2D eigenvalue weighted by atomic mass is 35.5. The second-order valence-corrected chi connectivity index (χ2v) is 12.5. The minimum Gasteiger partial charge on any atom is -0.486 e. The average Bonchev–Trinajstić information content (AvgIpc) is 3.07. The Morgan fingerprint density at radius 1 is 0.913 bits per heavy atom. The summed E-state index contributed by atoms with van der Waals surface area (Å²) in [6, 6.07) is 30.2. The van der Waals surface area contributed by atoms with E-state index in [1.807, 2.05) is 61.5 Å². The van der Waals surface area contributed by atoms with Gasteiger partial charge in [0.2, 0.25) is 0 Å². The minimum absolute atomic E-state index is 0.0243. The van der Waals surface area contributed by atoms with Gasteiger partial charge in [0.15, 0.2) is 5.78 Å². The lowest BCUT2D eigenvalue weighted by molar-refractivity contribution is -0.165. The standard InChI is InChI=1S/C39H43ClO6/c1-26-16-31(14-15-37(26)45-23-27(2)42)17-32-18-35(33(22-41)19-36(32)40)39-21-34(44-25-30-12-8-5-9-13-30)20-38(46-39)28(3)43-24-29-10-6-4-7-11-29/h4-16,18-19,28,34,38-39,41H,17,20-25H2,1-3H3. The van der Waals surface area contributed by atoms with Crippen LogP contribution in [0.25, 0.3) is 0 Å². The highest BCUT2D eigenvalue weighted by Gasteiger charge is 2.35. The summed E-state index contributed by atoms with van der Waals surface area (Å²) >= 11 is 6.79. The summed E-state index contributed by atoms with van der Waals surface area (Å²) in [5, 5.41) is 11.0. The Balaban J connectivity index is 1.37. The van der Waals surface area contributed by atoms with Gasteiger partial charge in [0, 0.05) is 17.9 Å². The van der Waals surface area contributed by atoms with Gasteiger partial charge in [-0.2, -0.15) is 0 Å². The molecule has 0 aromatic heterocycles. The molecule has 5 rings (SSSR count). The molecule has 0 saturated carbocycles. The molecule has 4 atom stereocenters. The van der Waals surface area contributed by atoms with Crippen LogP contribution in [0.2, 0.25) is 5.02 Å². The fraction of sp³-hybridized carbons (Fsp3) is 0.359. The molecule has 242 valence electrons. The van der Waals surface area contributed by atoms with Crippen molar-refractivity contribution >= 4 is 17.4 Å². The van der Waals surface area contributed by atoms with Gasteiger partial charge >= 0.3 is 0 Å². The lowest BCUT2D eigenvalue weighted by Crippen LogP contribution is -2.40. The van der Waals surface area contributed by atoms with Crippen molar-refractivity contribution in [3.05, 3.63) is 135 Å². The van der Waals surface area contributed by atoms with Crippen molar-refractivity contribution in [2.45, 2.75) is 84.3 Å². The molecule has 0 spiro atoms. The summed E-state index contributed by atoms with van der Waals surface area (Å²) in [5.41, 5.74) is 6.82. The molecule has 1 N–H and O–H groups in total. The topological polar surface area (TPSA) is 74.2 Å². The van der Waals surface area contributed by atoms with E-state index >= 15 is 0 Å². The summed E-state index contributed by atoms with van der Waals surface area (Å²) in [7, 11) is 0. The first kappa shape index (κ1) is 33.8. The normalized spacial score (nSPS) is 18.7. The predicted molar refractivity (Wildman–Crippen MR) is 180 cm³/mol. The van der Waals surface area contributed by atoms with Crippen molar-refractivity contribution in [1.82, 2.24) is 0 Å². The molecule has 46 heavy (non-hydrogen) atoms. The van der Waals surface area contributed by atoms with Gasteiger partial charge in [0.25, 0.3) is 0 Å². The Kier molecular flexibility index (Phi) is 12.0. The number of carbonyl (C=O) groups is 1. The zero-order valence-electron chi connectivity index (χ0n) is 26.8. The summed E-state index contributed by atoms with van der Waals surface area (Å²) in [6.45, 7) is 6.42. The van der Waals surface area contributed by atoms with Gasteiger partial charge in [0.05, 0.1) is 44.2 Å². The van der Waals surface area contributed by atoms with Crippen LogP contribution in [0.15, 0.2) is 91.0 Å². The van der Waals surface area contributed by atoms with Gasteiger partial charge in [-0.05, 0) is 78.3 Å². The van der Waals surface area contributed by atoms with Crippen molar-refractivity contribution < 1.29 is 28.8 Å². The maximum absolute atomic E-state index is 11.4. The van der Waals surface area contributed by atoms with Crippen LogP contribution in [0, 0.1) is 6.92 Å². The first-order valence-electron chi connectivity index (χ1n) is 15.9. The van der Waals surface area contributed by atoms with E-state index in [-0.39, 0.29) is 43.4 Å². The zero-order valence-corrected chi connectivity index (χ0v) is 27.5. The Hall–Kier alpha value is -3.52. The number of benzene rings is 4. The number of Topliss-reactive ketones (excluding diaryl/α,β-unsaturated/α-hetero) is 1. The van der Waals surface area contributed by atoms with Crippen LogP contribution in [0.1, 0.15) is 71.7 Å². The van der Waals surface area contributed by atoms with Crippen molar-refractivity contribution in [2.75, 3.05) is 6.61 Å². The molecule has 0 amide bonds. The summed E-state index contributed by atoms with van der Waals surface area (Å²) in [4.78, 5) is 11.4. The lowest BCUT2D eigenvalue weighted by atomic mass is 9.89. The second-order valence-electron chi connectivity index (χ2n) is 12.1. The number of ether oxygens (including phenoxy) is 4. The Bertz CT molecular complexity index is 1570. The fourth-order valence-corrected chi connectivity index (χ4v) is 6.14. The van der Waals surface area contributed by atoms with E-state index in [0.717, 1.165) is 38.9 Å². The minimum atomic E-state index is -0.315. The molecule has 1 heterocycles. The highest BCUT2D eigenvalue weighted by molar-refractivity contribution is 6.31. The smallest absolute Gasteiger partial charge is 0.167 e. The number of hydrogen-bond acceptors (Lipinski definition) is 6. The quantitative estimate of drug-likeness (QED) is 0.150. The largest absolute Gasteiger partial charge is 0.486 e. The first-order chi connectivity index (χ1) is 22.3. The highest BCUT2D eigenvalue weighted by Crippen LogP contribution is 2.39. The van der Waals surface area contributed by atoms with E-state index in [1.54, 1.807) is 0 Å². The molecule has 1 fully saturated rings. The van der Waals surface area contributed by atoms with E-state index < -0.39 is 0 Å². The number of ketones is 1. The molecule has 4 aromatic carbocycles. The number of hydrogen-bond donors (Lipinski definition) is 1. The average molecular weight is 643 g/mol. The predicted octanol–water partition coefficient (Wildman–Crippen LogP) is 8.11. The van der Waals surface area contributed by atoms with E-state index in [2.05, 4.69) is 43.3 Å². The second kappa shape index (κ2) is 16.3. The van der Waals surface area contributed by atoms with Crippen LogP contribution in [0.5, 0.6) is 5.75 Å². The summed E-state index contributed by atoms with van der Waals surface area (Å²) < 4.78 is 25.2. The molecule has 1 aliphatic heterocycles. The third-order valence-electron chi connectivity index (χ3n) is 8.41. The third kappa shape index (κ3) is 9.27. The number of carbonyl (C=O) groups excluding carboxylic acids is 1. The molecular weight excluding hydrogens is 600 g/mol. The van der Waals surface area contributed by atoms with Gasteiger partial charge in [0.1, 0.15) is 12.4 Å². The molecule has 1 saturated heterocycles. The van der Waals surface area contributed by atoms with Crippen LogP contribution in [-0.4, -0.2) is 35.8 Å². The van der Waals surface area contributed by atoms with Crippen molar-refractivity contribution in [3.8, 4) is 5.75 Å². The molecule has 0 radical (unpaired) electrons. The number of aliphatic hydroxyl groups excluding tert-OH is 1. The van der Waals surface area contributed by atoms with E-state index in [0.29, 0.717) is 43.2 Å². The number of aliphatic hydroxyl groups is 1. The molecule has 0 aliphatic carbocycles. The summed E-state index contributed by atoms with van der Waals surface area (Å²) in [6.07, 6.45) is 1.16. The third-order valence-corrected chi connectivity index (χ3v) is 8.76. The molecule has 4 unspecified atom stereocenters. The van der Waals surface area contributed by atoms with Gasteiger partial charge in [-0.15, -0.1) is 0 Å². The maximum Gasteiger partial charge on any atom is 0.167 e. The first-order valence-corrected chi connectivity index (χ1v) is 16.3. The van der Waals surface area contributed by atoms with Crippen LogP contribution in [0.3, 0.4) is 0 Å². The van der Waals surface area contributed by atoms with Gasteiger partial charge in [-0.3, -0.25) is 4.79 Å². The van der Waals surface area contributed by atoms with Crippen LogP contribution < -0.4 is 4.74 Å². The number of halogens is 1. The maximum atomic E-state index is 11.4. The molecule has 7 heteroatoms. The SMILES string of the molecule is CC(=O)COc1ccc(Cc2cc(C3CC(OCc4ccccc4)CC(C(C)OCc4ccccc4)O3)c(CO)cc2Cl)cc1C. The number of aryl methyl sites for hydroxylation is 1. The lowest BCUT2D eigenvalue weighted by Gasteiger charge is -2.39. The van der Waals surface area contributed by atoms with E-state index in [1.165, 1.54) is 6.92 Å². The van der Waals surface area contributed by atoms with Gasteiger partial charge in [-0.1, -0.05) is 90.5 Å². The van der Waals surface area contributed by atoms with Crippen LogP contribution in [0.4, 0.5) is 0 Å². The Labute approximate surface area is 277 Å². The van der Waals surface area contributed by atoms with E-state index in [4.69, 9.17) is 30.5 Å². The van der Waals surface area contributed by atoms with Crippen LogP contribution in [-0.2, 0) is 45.2 Å². The molecule has 0 bridgehead atoms. The molecule has 4 aromatic rings. The van der Waals surface area contributed by atoms with Crippen molar-refractivity contribution in [1.29, 1.82) is 0 Å². The molecule has 6 nitrogen and oxygen atoms in total. The Morgan fingerprint density at radius 2 is 1.61 bits per heavy atom. The molecular formula is C39H43ClO6. The van der Waals surface area contributed by atoms with Crippen LogP contribution >= 0.6 is 11.6 Å². The van der Waals surface area contributed by atoms with Gasteiger partial charge in [-0.25, -0.2) is 0 Å². The molecule has 1 aliphatic rings. The van der Waals surface area contributed by atoms with Crippen molar-refractivity contribution in [3.63, 3.8) is 0 Å². The number of rotatable bonds is 14. The monoisotopic (exact) mass is 642 g/mol. The van der Waals surface area contributed by atoms with E-state index in [9.17, 15) is 9.90 Å². The van der Waals surface area contributed by atoms with Gasteiger partial charge < -0.3 is 24.1 Å². The van der Waals surface area contributed by atoms with Crippen molar-refractivity contribution in [2.24, 2.45) is 0 Å².